The number of aryl methyl sites for hydroxylation is 1. The number of aliphatic hydroxyl groups is 1. The third-order valence-corrected chi connectivity index (χ3v) is 2.42. The standard InChI is InChI=1S/C12H17N3O4/c1-8-9(4-3-5-13-8)15-11(18)14-7-12(2,19)6-10(16)17/h3-5,19H,6-7H2,1-2H3,(H,16,17)(H2,14,15,18). The van der Waals surface area contributed by atoms with Gasteiger partial charge in [-0.15, -0.1) is 0 Å². The molecule has 0 fully saturated rings. The van der Waals surface area contributed by atoms with E-state index in [1.807, 2.05) is 0 Å². The van der Waals surface area contributed by atoms with Gasteiger partial charge < -0.3 is 20.8 Å². The number of aromatic nitrogens is 1. The van der Waals surface area contributed by atoms with Gasteiger partial charge in [-0.3, -0.25) is 9.78 Å². The largest absolute Gasteiger partial charge is 0.481 e. The Hall–Kier alpha value is -2.15. The summed E-state index contributed by atoms with van der Waals surface area (Å²) in [4.78, 5) is 26.1. The van der Waals surface area contributed by atoms with Crippen LogP contribution >= 0.6 is 0 Å². The Morgan fingerprint density at radius 3 is 2.74 bits per heavy atom. The highest BCUT2D eigenvalue weighted by molar-refractivity contribution is 5.89. The smallest absolute Gasteiger partial charge is 0.319 e. The van der Waals surface area contributed by atoms with Crippen LogP contribution in [0.3, 0.4) is 0 Å². The van der Waals surface area contributed by atoms with Crippen molar-refractivity contribution in [3.05, 3.63) is 24.0 Å². The molecular weight excluding hydrogens is 250 g/mol. The summed E-state index contributed by atoms with van der Waals surface area (Å²) in [7, 11) is 0. The number of hydrogen-bond acceptors (Lipinski definition) is 4. The van der Waals surface area contributed by atoms with Gasteiger partial charge in [0, 0.05) is 12.7 Å². The van der Waals surface area contributed by atoms with Crippen molar-refractivity contribution in [3.63, 3.8) is 0 Å². The summed E-state index contributed by atoms with van der Waals surface area (Å²) in [6.07, 6.45) is 1.16. The van der Waals surface area contributed by atoms with E-state index in [2.05, 4.69) is 15.6 Å². The molecule has 1 atom stereocenters. The first kappa shape index (κ1) is 14.9. The highest BCUT2D eigenvalue weighted by Gasteiger charge is 2.24. The van der Waals surface area contributed by atoms with Crippen LogP contribution in [-0.4, -0.2) is 39.3 Å². The molecule has 1 heterocycles. The van der Waals surface area contributed by atoms with Gasteiger partial charge in [0.2, 0.25) is 0 Å². The van der Waals surface area contributed by atoms with E-state index in [1.165, 1.54) is 6.92 Å². The Morgan fingerprint density at radius 2 is 2.16 bits per heavy atom. The van der Waals surface area contributed by atoms with Gasteiger partial charge in [0.1, 0.15) is 0 Å². The molecule has 7 nitrogen and oxygen atoms in total. The average Bonchev–Trinajstić information content (AvgIpc) is 2.28. The van der Waals surface area contributed by atoms with E-state index in [-0.39, 0.29) is 6.54 Å². The fourth-order valence-electron chi connectivity index (χ4n) is 1.44. The Labute approximate surface area is 110 Å². The number of rotatable bonds is 5. The molecule has 1 unspecified atom stereocenters. The number of aliphatic carboxylic acids is 1. The summed E-state index contributed by atoms with van der Waals surface area (Å²) in [5, 5.41) is 23.3. The molecule has 0 aliphatic heterocycles. The maximum atomic E-state index is 11.6. The molecule has 4 N–H and O–H groups in total. The molecule has 0 aliphatic carbocycles. The topological polar surface area (TPSA) is 112 Å². The van der Waals surface area contributed by atoms with Crippen molar-refractivity contribution >= 4 is 17.7 Å². The zero-order valence-corrected chi connectivity index (χ0v) is 10.8. The van der Waals surface area contributed by atoms with Crippen molar-refractivity contribution in [2.24, 2.45) is 0 Å². The van der Waals surface area contributed by atoms with Crippen LogP contribution in [0.4, 0.5) is 10.5 Å². The highest BCUT2D eigenvalue weighted by atomic mass is 16.4. The number of carbonyl (C=O) groups is 2. The van der Waals surface area contributed by atoms with Gasteiger partial charge in [-0.05, 0) is 26.0 Å². The fourth-order valence-corrected chi connectivity index (χ4v) is 1.44. The normalized spacial score (nSPS) is 13.4. The van der Waals surface area contributed by atoms with E-state index in [4.69, 9.17) is 5.11 Å². The third-order valence-electron chi connectivity index (χ3n) is 2.42. The second-order valence-electron chi connectivity index (χ2n) is 4.51. The summed E-state index contributed by atoms with van der Waals surface area (Å²) >= 11 is 0. The summed E-state index contributed by atoms with van der Waals surface area (Å²) in [5.74, 6) is -1.13. The molecule has 1 aromatic heterocycles. The van der Waals surface area contributed by atoms with Gasteiger partial charge in [0.25, 0.3) is 0 Å². The van der Waals surface area contributed by atoms with Crippen LogP contribution in [0.5, 0.6) is 0 Å². The summed E-state index contributed by atoms with van der Waals surface area (Å²) < 4.78 is 0. The molecule has 0 spiro atoms. The van der Waals surface area contributed by atoms with E-state index >= 15 is 0 Å². The van der Waals surface area contributed by atoms with E-state index < -0.39 is 24.0 Å². The van der Waals surface area contributed by atoms with Crippen LogP contribution in [-0.2, 0) is 4.79 Å². The molecular formula is C12H17N3O4. The fraction of sp³-hybridized carbons (Fsp3) is 0.417. The molecule has 0 saturated carbocycles. The minimum atomic E-state index is -1.49. The lowest BCUT2D eigenvalue weighted by molar-refractivity contribution is -0.141. The number of nitrogens with one attached hydrogen (secondary N) is 2. The Kier molecular flexibility index (Phi) is 4.82. The van der Waals surface area contributed by atoms with Gasteiger partial charge in [-0.25, -0.2) is 4.79 Å². The molecule has 7 heteroatoms. The number of hydrogen-bond donors (Lipinski definition) is 4. The van der Waals surface area contributed by atoms with Gasteiger partial charge in [-0.1, -0.05) is 0 Å². The molecule has 104 valence electrons. The first-order valence-corrected chi connectivity index (χ1v) is 5.71. The van der Waals surface area contributed by atoms with Crippen molar-refractivity contribution in [2.75, 3.05) is 11.9 Å². The van der Waals surface area contributed by atoms with Crippen LogP contribution in [0.15, 0.2) is 18.3 Å². The first-order chi connectivity index (χ1) is 8.80. The predicted octanol–water partition coefficient (Wildman–Crippen LogP) is 0.737. The zero-order chi connectivity index (χ0) is 14.5. The van der Waals surface area contributed by atoms with Gasteiger partial charge in [0.15, 0.2) is 0 Å². The summed E-state index contributed by atoms with van der Waals surface area (Å²) in [6.45, 7) is 2.93. The molecule has 0 radical (unpaired) electrons. The first-order valence-electron chi connectivity index (χ1n) is 5.71. The molecule has 0 aromatic carbocycles. The van der Waals surface area contributed by atoms with Crippen molar-refractivity contribution in [1.82, 2.24) is 10.3 Å². The number of carbonyl (C=O) groups excluding carboxylic acids is 1. The van der Waals surface area contributed by atoms with E-state index in [1.54, 1.807) is 25.3 Å². The maximum Gasteiger partial charge on any atom is 0.319 e. The number of pyridine rings is 1. The van der Waals surface area contributed by atoms with Gasteiger partial charge in [-0.2, -0.15) is 0 Å². The van der Waals surface area contributed by atoms with Crippen LogP contribution in [0.25, 0.3) is 0 Å². The van der Waals surface area contributed by atoms with Crippen LogP contribution in [0, 0.1) is 6.92 Å². The third kappa shape index (κ3) is 5.35. The predicted molar refractivity (Wildman–Crippen MR) is 68.9 cm³/mol. The van der Waals surface area contributed by atoms with E-state index in [0.717, 1.165) is 0 Å². The number of anilines is 1. The molecule has 2 amide bonds. The summed E-state index contributed by atoms with van der Waals surface area (Å²) in [6, 6.07) is 2.85. The van der Waals surface area contributed by atoms with Crippen molar-refractivity contribution in [1.29, 1.82) is 0 Å². The second kappa shape index (κ2) is 6.14. The lowest BCUT2D eigenvalue weighted by Gasteiger charge is -2.21. The number of carboxylic acids is 1. The molecule has 0 bridgehead atoms. The number of nitrogens with zero attached hydrogens (tertiary/aromatic N) is 1. The average molecular weight is 267 g/mol. The molecule has 19 heavy (non-hydrogen) atoms. The minimum absolute atomic E-state index is 0.162. The monoisotopic (exact) mass is 267 g/mol. The Balaban J connectivity index is 2.49. The highest BCUT2D eigenvalue weighted by Crippen LogP contribution is 2.10. The Bertz CT molecular complexity index is 474. The zero-order valence-electron chi connectivity index (χ0n) is 10.8. The van der Waals surface area contributed by atoms with E-state index in [0.29, 0.717) is 11.4 Å². The second-order valence-corrected chi connectivity index (χ2v) is 4.51. The SMILES string of the molecule is Cc1ncccc1NC(=O)NCC(C)(O)CC(=O)O. The number of carboxylic acid groups (broad SMARTS) is 1. The lowest BCUT2D eigenvalue weighted by Crippen LogP contribution is -2.43. The maximum absolute atomic E-state index is 11.6. The minimum Gasteiger partial charge on any atom is -0.481 e. The van der Waals surface area contributed by atoms with Crippen LogP contribution in [0.2, 0.25) is 0 Å². The lowest BCUT2D eigenvalue weighted by atomic mass is 10.0. The van der Waals surface area contributed by atoms with Crippen molar-refractivity contribution in [3.8, 4) is 0 Å². The van der Waals surface area contributed by atoms with Gasteiger partial charge >= 0.3 is 12.0 Å². The molecule has 1 rings (SSSR count). The summed E-state index contributed by atoms with van der Waals surface area (Å²) in [5.41, 5.74) is -0.277. The molecule has 0 saturated heterocycles. The van der Waals surface area contributed by atoms with Crippen LogP contribution < -0.4 is 10.6 Å². The Morgan fingerprint density at radius 1 is 1.47 bits per heavy atom. The number of amides is 2. The van der Waals surface area contributed by atoms with Gasteiger partial charge in [0.05, 0.1) is 23.4 Å². The molecule has 0 aliphatic rings. The number of urea groups is 1. The van der Waals surface area contributed by atoms with E-state index in [9.17, 15) is 14.7 Å². The molecule has 1 aromatic rings. The van der Waals surface area contributed by atoms with Crippen molar-refractivity contribution < 1.29 is 19.8 Å². The quantitative estimate of drug-likeness (QED) is 0.628. The van der Waals surface area contributed by atoms with Crippen molar-refractivity contribution in [2.45, 2.75) is 25.9 Å². The van der Waals surface area contributed by atoms with Crippen LogP contribution in [0.1, 0.15) is 19.0 Å².